The van der Waals surface area contributed by atoms with Gasteiger partial charge in [-0.1, -0.05) is 30.3 Å². The molecule has 1 aromatic heterocycles. The van der Waals surface area contributed by atoms with E-state index in [0.717, 1.165) is 57.9 Å². The number of imidazole rings is 1. The first-order valence-electron chi connectivity index (χ1n) is 9.52. The molecule has 7 heteroatoms. The Morgan fingerprint density at radius 1 is 1.22 bits per heavy atom. The van der Waals surface area contributed by atoms with Crippen LogP contribution < -0.4 is 10.6 Å². The van der Waals surface area contributed by atoms with Crippen LogP contribution in [-0.4, -0.2) is 53.1 Å². The van der Waals surface area contributed by atoms with E-state index in [1.807, 2.05) is 25.8 Å². The van der Waals surface area contributed by atoms with Gasteiger partial charge in [-0.2, -0.15) is 0 Å². The fourth-order valence-corrected chi connectivity index (χ4v) is 3.35. The van der Waals surface area contributed by atoms with E-state index in [9.17, 15) is 0 Å². The molecule has 0 unspecified atom stereocenters. The first-order chi connectivity index (χ1) is 12.8. The quantitative estimate of drug-likeness (QED) is 0.276. The van der Waals surface area contributed by atoms with Crippen molar-refractivity contribution in [1.29, 1.82) is 0 Å². The van der Waals surface area contributed by atoms with E-state index in [1.165, 1.54) is 5.56 Å². The summed E-state index contributed by atoms with van der Waals surface area (Å²) < 4.78 is 2.10. The Morgan fingerprint density at radius 2 is 2.00 bits per heavy atom. The summed E-state index contributed by atoms with van der Waals surface area (Å²) in [6.45, 7) is 5.19. The number of benzene rings is 1. The highest BCUT2D eigenvalue weighted by atomic mass is 127. The van der Waals surface area contributed by atoms with Gasteiger partial charge in [0.1, 0.15) is 0 Å². The van der Waals surface area contributed by atoms with Gasteiger partial charge in [0.15, 0.2) is 5.96 Å². The van der Waals surface area contributed by atoms with Crippen LogP contribution >= 0.6 is 24.0 Å². The number of aliphatic imine (C=N–C) groups is 1. The molecule has 2 heterocycles. The molecule has 0 spiro atoms. The summed E-state index contributed by atoms with van der Waals surface area (Å²) in [6, 6.07) is 11.2. The normalized spacial score (nSPS) is 16.0. The summed E-state index contributed by atoms with van der Waals surface area (Å²) in [5.41, 5.74) is 1.40. The number of hydrogen-bond donors (Lipinski definition) is 2. The van der Waals surface area contributed by atoms with Gasteiger partial charge in [-0.25, -0.2) is 4.98 Å². The van der Waals surface area contributed by atoms with Crippen LogP contribution in [0, 0.1) is 0 Å². The number of nitrogens with one attached hydrogen (secondary N) is 2. The summed E-state index contributed by atoms with van der Waals surface area (Å²) in [7, 11) is 1.84. The lowest BCUT2D eigenvalue weighted by atomic mass is 10.0. The Bertz CT molecular complexity index is 650. The minimum Gasteiger partial charge on any atom is -0.356 e. The molecular formula is C20H31IN6. The third-order valence-electron chi connectivity index (χ3n) is 4.85. The molecule has 0 bridgehead atoms. The largest absolute Gasteiger partial charge is 0.356 e. The number of aryl methyl sites for hydroxylation is 1. The number of aromatic nitrogens is 2. The number of rotatable bonds is 7. The third kappa shape index (κ3) is 7.50. The molecule has 0 aliphatic carbocycles. The predicted octanol–water partition coefficient (Wildman–Crippen LogP) is 2.72. The van der Waals surface area contributed by atoms with E-state index in [-0.39, 0.29) is 24.0 Å². The molecular weight excluding hydrogens is 451 g/mol. The van der Waals surface area contributed by atoms with E-state index >= 15 is 0 Å². The number of likely N-dealkylation sites (tertiary alicyclic amines) is 1. The second-order valence-electron chi connectivity index (χ2n) is 6.83. The van der Waals surface area contributed by atoms with Gasteiger partial charge in [-0.3, -0.25) is 9.89 Å². The number of halogens is 1. The van der Waals surface area contributed by atoms with E-state index in [1.54, 1.807) is 0 Å². The summed E-state index contributed by atoms with van der Waals surface area (Å²) in [6.07, 6.45) is 9.03. The molecule has 27 heavy (non-hydrogen) atoms. The molecule has 2 N–H and O–H groups in total. The van der Waals surface area contributed by atoms with Gasteiger partial charge in [0.05, 0.1) is 6.33 Å². The molecule has 1 fully saturated rings. The number of piperidine rings is 1. The summed E-state index contributed by atoms with van der Waals surface area (Å²) in [5, 5.41) is 7.00. The fourth-order valence-electron chi connectivity index (χ4n) is 3.35. The van der Waals surface area contributed by atoms with Crippen LogP contribution in [0.2, 0.25) is 0 Å². The number of hydrogen-bond acceptors (Lipinski definition) is 3. The summed E-state index contributed by atoms with van der Waals surface area (Å²) in [4.78, 5) is 11.0. The monoisotopic (exact) mass is 482 g/mol. The van der Waals surface area contributed by atoms with Gasteiger partial charge in [0, 0.05) is 58.2 Å². The lowest BCUT2D eigenvalue weighted by molar-refractivity contribution is 0.198. The van der Waals surface area contributed by atoms with Crippen LogP contribution in [-0.2, 0) is 13.1 Å². The average molecular weight is 482 g/mol. The minimum absolute atomic E-state index is 0. The molecule has 0 amide bonds. The molecule has 1 aliphatic rings. The van der Waals surface area contributed by atoms with Gasteiger partial charge >= 0.3 is 0 Å². The Labute approximate surface area is 179 Å². The summed E-state index contributed by atoms with van der Waals surface area (Å²) >= 11 is 0. The lowest BCUT2D eigenvalue weighted by Gasteiger charge is -2.33. The molecule has 1 aliphatic heterocycles. The van der Waals surface area contributed by atoms with Crippen molar-refractivity contribution in [3.8, 4) is 0 Å². The fraction of sp³-hybridized carbons (Fsp3) is 0.500. The summed E-state index contributed by atoms with van der Waals surface area (Å²) in [5.74, 6) is 0.914. The zero-order valence-corrected chi connectivity index (χ0v) is 18.4. The molecule has 1 aromatic carbocycles. The maximum atomic E-state index is 4.37. The van der Waals surface area contributed by atoms with Crippen LogP contribution in [0.25, 0.3) is 0 Å². The molecule has 0 atom stereocenters. The number of guanidine groups is 1. The Balaban J connectivity index is 0.00000261. The van der Waals surface area contributed by atoms with Gasteiger partial charge < -0.3 is 15.2 Å². The molecule has 1 saturated heterocycles. The number of nitrogens with zero attached hydrogens (tertiary/aromatic N) is 4. The highest BCUT2D eigenvalue weighted by Gasteiger charge is 2.19. The van der Waals surface area contributed by atoms with Crippen LogP contribution in [0.4, 0.5) is 0 Å². The highest BCUT2D eigenvalue weighted by molar-refractivity contribution is 14.0. The van der Waals surface area contributed by atoms with Gasteiger partial charge in [-0.05, 0) is 24.8 Å². The standard InChI is InChI=1S/C20H30N6.HI/c1-21-20(23-10-5-12-26-15-11-22-17-26)24-19-8-13-25(14-9-19)16-18-6-3-2-4-7-18;/h2-4,6-7,11,15,17,19H,5,8-10,12-14,16H2,1H3,(H2,21,23,24);1H. The average Bonchev–Trinajstić information content (AvgIpc) is 3.20. The van der Waals surface area contributed by atoms with Crippen molar-refractivity contribution in [2.45, 2.75) is 38.4 Å². The SMILES string of the molecule is CN=C(NCCCn1ccnc1)NC1CCN(Cc2ccccc2)CC1.I. The zero-order chi connectivity index (χ0) is 18.0. The van der Waals surface area contributed by atoms with Crippen LogP contribution in [0.1, 0.15) is 24.8 Å². The maximum Gasteiger partial charge on any atom is 0.191 e. The van der Waals surface area contributed by atoms with Crippen molar-refractivity contribution < 1.29 is 0 Å². The second kappa shape index (κ2) is 12.0. The van der Waals surface area contributed by atoms with Crippen LogP contribution in [0.5, 0.6) is 0 Å². The Kier molecular flexibility index (Phi) is 9.61. The van der Waals surface area contributed by atoms with E-state index < -0.39 is 0 Å². The first-order valence-corrected chi connectivity index (χ1v) is 9.52. The van der Waals surface area contributed by atoms with E-state index in [4.69, 9.17) is 0 Å². The molecule has 148 valence electrons. The van der Waals surface area contributed by atoms with Crippen molar-refractivity contribution in [3.63, 3.8) is 0 Å². The highest BCUT2D eigenvalue weighted by Crippen LogP contribution is 2.13. The van der Waals surface area contributed by atoms with Gasteiger partial charge in [-0.15, -0.1) is 24.0 Å². The maximum absolute atomic E-state index is 4.37. The third-order valence-corrected chi connectivity index (χ3v) is 4.85. The van der Waals surface area contributed by atoms with Gasteiger partial charge in [0.2, 0.25) is 0 Å². The predicted molar refractivity (Wildman–Crippen MR) is 121 cm³/mol. The zero-order valence-electron chi connectivity index (χ0n) is 16.1. The van der Waals surface area contributed by atoms with Gasteiger partial charge in [0.25, 0.3) is 0 Å². The van der Waals surface area contributed by atoms with Crippen molar-refractivity contribution in [1.82, 2.24) is 25.1 Å². The van der Waals surface area contributed by atoms with E-state index in [2.05, 4.69) is 60.4 Å². The second-order valence-corrected chi connectivity index (χ2v) is 6.83. The lowest BCUT2D eigenvalue weighted by Crippen LogP contribution is -2.48. The smallest absolute Gasteiger partial charge is 0.191 e. The Hall–Kier alpha value is -1.61. The molecule has 3 rings (SSSR count). The molecule has 6 nitrogen and oxygen atoms in total. The first kappa shape index (κ1) is 21.7. The van der Waals surface area contributed by atoms with Crippen molar-refractivity contribution in [3.05, 3.63) is 54.6 Å². The van der Waals surface area contributed by atoms with Crippen LogP contribution in [0.3, 0.4) is 0 Å². The Morgan fingerprint density at radius 3 is 2.67 bits per heavy atom. The minimum atomic E-state index is 0. The molecule has 0 saturated carbocycles. The van der Waals surface area contributed by atoms with E-state index in [0.29, 0.717) is 6.04 Å². The topological polar surface area (TPSA) is 57.5 Å². The van der Waals surface area contributed by atoms with Crippen LogP contribution in [0.15, 0.2) is 54.0 Å². The van der Waals surface area contributed by atoms with Crippen molar-refractivity contribution in [2.75, 3.05) is 26.7 Å². The van der Waals surface area contributed by atoms with Crippen molar-refractivity contribution in [2.24, 2.45) is 4.99 Å². The van der Waals surface area contributed by atoms with Crippen molar-refractivity contribution >= 4 is 29.9 Å². The molecule has 0 radical (unpaired) electrons. The molecule has 2 aromatic rings.